The summed E-state index contributed by atoms with van der Waals surface area (Å²) in [6.07, 6.45) is 5.52. The number of benzene rings is 1. The smallest absolute Gasteiger partial charge is 0.194 e. The van der Waals surface area contributed by atoms with Gasteiger partial charge in [-0.3, -0.25) is 4.99 Å². The molecule has 0 bridgehead atoms. The molecule has 2 aromatic rings. The Bertz CT molecular complexity index is 715. The van der Waals surface area contributed by atoms with Crippen molar-refractivity contribution in [2.24, 2.45) is 10.9 Å². The summed E-state index contributed by atoms with van der Waals surface area (Å²) in [4.78, 5) is 14.7. The van der Waals surface area contributed by atoms with Crippen LogP contribution < -0.4 is 5.32 Å². The molecule has 0 unspecified atom stereocenters. The molecular formula is C21H32IN5O. The summed E-state index contributed by atoms with van der Waals surface area (Å²) >= 11 is 0. The predicted molar refractivity (Wildman–Crippen MR) is 125 cm³/mol. The van der Waals surface area contributed by atoms with E-state index in [1.165, 1.54) is 12.8 Å². The zero-order valence-electron chi connectivity index (χ0n) is 16.9. The van der Waals surface area contributed by atoms with Crippen molar-refractivity contribution in [1.29, 1.82) is 0 Å². The Kier molecular flexibility index (Phi) is 9.77. The van der Waals surface area contributed by atoms with Crippen molar-refractivity contribution in [2.45, 2.75) is 32.7 Å². The molecule has 0 aliphatic heterocycles. The molecule has 6 nitrogen and oxygen atoms in total. The second-order valence-corrected chi connectivity index (χ2v) is 7.07. The molecule has 1 saturated carbocycles. The number of halogens is 1. The van der Waals surface area contributed by atoms with Crippen molar-refractivity contribution in [3.05, 3.63) is 42.4 Å². The number of imidazole rings is 1. The molecule has 7 heteroatoms. The number of H-pyrrole nitrogens is 1. The molecule has 28 heavy (non-hydrogen) atoms. The van der Waals surface area contributed by atoms with Crippen molar-refractivity contribution >= 4 is 29.9 Å². The third kappa shape index (κ3) is 7.43. The monoisotopic (exact) mass is 497 g/mol. The first kappa shape index (κ1) is 22.7. The minimum atomic E-state index is 0. The van der Waals surface area contributed by atoms with Crippen LogP contribution in [-0.4, -0.2) is 54.2 Å². The second kappa shape index (κ2) is 12.1. The summed E-state index contributed by atoms with van der Waals surface area (Å²) in [6, 6.07) is 10.2. The zero-order valence-corrected chi connectivity index (χ0v) is 19.2. The summed E-state index contributed by atoms with van der Waals surface area (Å²) in [6.45, 7) is 6.09. The van der Waals surface area contributed by atoms with Gasteiger partial charge in [0.15, 0.2) is 5.96 Å². The van der Waals surface area contributed by atoms with Gasteiger partial charge in [0, 0.05) is 33.4 Å². The van der Waals surface area contributed by atoms with Gasteiger partial charge in [0.05, 0.1) is 18.4 Å². The Morgan fingerprint density at radius 3 is 2.82 bits per heavy atom. The molecule has 0 spiro atoms. The molecule has 1 fully saturated rings. The van der Waals surface area contributed by atoms with Crippen molar-refractivity contribution in [1.82, 2.24) is 20.2 Å². The van der Waals surface area contributed by atoms with Gasteiger partial charge in [-0.15, -0.1) is 24.0 Å². The van der Waals surface area contributed by atoms with E-state index in [1.807, 2.05) is 31.4 Å². The minimum absolute atomic E-state index is 0. The summed E-state index contributed by atoms with van der Waals surface area (Å²) in [5.41, 5.74) is 2.18. The highest BCUT2D eigenvalue weighted by Gasteiger charge is 2.20. The van der Waals surface area contributed by atoms with Gasteiger partial charge in [-0.05, 0) is 37.7 Å². The quantitative estimate of drug-likeness (QED) is 0.226. The van der Waals surface area contributed by atoms with Gasteiger partial charge in [0.25, 0.3) is 0 Å². The predicted octanol–water partition coefficient (Wildman–Crippen LogP) is 3.91. The van der Waals surface area contributed by atoms with Crippen LogP contribution in [0.3, 0.4) is 0 Å². The molecule has 1 aromatic carbocycles. The maximum atomic E-state index is 5.68. The molecular weight excluding hydrogens is 465 g/mol. The van der Waals surface area contributed by atoms with E-state index in [2.05, 4.69) is 39.2 Å². The van der Waals surface area contributed by atoms with Gasteiger partial charge >= 0.3 is 0 Å². The number of aromatic amines is 1. The van der Waals surface area contributed by atoms with Crippen LogP contribution in [0.15, 0.2) is 41.5 Å². The lowest BCUT2D eigenvalue weighted by Crippen LogP contribution is -2.38. The fraction of sp³-hybridized carbons (Fsp3) is 0.524. The lowest BCUT2D eigenvalue weighted by Gasteiger charge is -2.21. The average Bonchev–Trinajstić information content (AvgIpc) is 3.40. The van der Waals surface area contributed by atoms with Crippen LogP contribution in [0, 0.1) is 5.92 Å². The number of ether oxygens (including phenoxy) is 1. The normalized spacial score (nSPS) is 13.9. The van der Waals surface area contributed by atoms with E-state index in [0.29, 0.717) is 6.54 Å². The highest BCUT2D eigenvalue weighted by atomic mass is 127. The maximum absolute atomic E-state index is 5.68. The third-order valence-electron chi connectivity index (χ3n) is 4.56. The van der Waals surface area contributed by atoms with Crippen molar-refractivity contribution in [3.63, 3.8) is 0 Å². The molecule has 3 rings (SSSR count). The first-order valence-electron chi connectivity index (χ1n) is 9.92. The fourth-order valence-corrected chi connectivity index (χ4v) is 2.86. The first-order chi connectivity index (χ1) is 13.3. The third-order valence-corrected chi connectivity index (χ3v) is 4.56. The topological polar surface area (TPSA) is 65.5 Å². The number of nitrogens with zero attached hydrogens (tertiary/aromatic N) is 3. The fourth-order valence-electron chi connectivity index (χ4n) is 2.86. The number of aliphatic imine (C=N–C) groups is 1. The van der Waals surface area contributed by atoms with Crippen LogP contribution in [0.2, 0.25) is 0 Å². The van der Waals surface area contributed by atoms with E-state index in [4.69, 9.17) is 9.73 Å². The Morgan fingerprint density at radius 2 is 2.11 bits per heavy atom. The summed E-state index contributed by atoms with van der Waals surface area (Å²) < 4.78 is 5.68. The van der Waals surface area contributed by atoms with Gasteiger partial charge in [-0.2, -0.15) is 0 Å². The number of guanidine groups is 1. The Hall–Kier alpha value is -1.61. The molecule has 1 aliphatic carbocycles. The van der Waals surface area contributed by atoms with Crippen molar-refractivity contribution < 1.29 is 4.74 Å². The van der Waals surface area contributed by atoms with Gasteiger partial charge in [-0.25, -0.2) is 4.98 Å². The number of rotatable bonds is 10. The van der Waals surface area contributed by atoms with Crippen LogP contribution in [0.25, 0.3) is 11.3 Å². The molecule has 0 amide bonds. The number of hydrogen-bond donors (Lipinski definition) is 2. The lowest BCUT2D eigenvalue weighted by molar-refractivity contribution is 0.123. The lowest BCUT2D eigenvalue weighted by atomic mass is 10.2. The van der Waals surface area contributed by atoms with Crippen molar-refractivity contribution in [2.75, 3.05) is 33.4 Å². The molecule has 154 valence electrons. The van der Waals surface area contributed by atoms with Gasteiger partial charge < -0.3 is 19.9 Å². The number of aromatic nitrogens is 2. The van der Waals surface area contributed by atoms with E-state index >= 15 is 0 Å². The van der Waals surface area contributed by atoms with Gasteiger partial charge in [-0.1, -0.05) is 30.3 Å². The van der Waals surface area contributed by atoms with E-state index in [-0.39, 0.29) is 24.0 Å². The molecule has 0 saturated heterocycles. The largest absolute Gasteiger partial charge is 0.381 e. The highest BCUT2D eigenvalue weighted by Crippen LogP contribution is 2.28. The average molecular weight is 497 g/mol. The number of nitrogens with one attached hydrogen (secondary N) is 2. The van der Waals surface area contributed by atoms with Crippen LogP contribution in [-0.2, 0) is 11.3 Å². The van der Waals surface area contributed by atoms with Crippen LogP contribution in [0.5, 0.6) is 0 Å². The summed E-state index contributed by atoms with van der Waals surface area (Å²) in [5, 5.41) is 3.35. The zero-order chi connectivity index (χ0) is 18.9. The molecule has 1 aliphatic rings. The van der Waals surface area contributed by atoms with E-state index in [0.717, 1.165) is 61.7 Å². The Balaban J connectivity index is 0.00000280. The molecule has 1 aromatic heterocycles. The highest BCUT2D eigenvalue weighted by molar-refractivity contribution is 14.0. The maximum Gasteiger partial charge on any atom is 0.194 e. The first-order valence-corrected chi connectivity index (χ1v) is 9.92. The van der Waals surface area contributed by atoms with Crippen LogP contribution in [0.4, 0.5) is 0 Å². The molecule has 2 N–H and O–H groups in total. The molecule has 0 atom stereocenters. The van der Waals surface area contributed by atoms with Gasteiger partial charge in [0.1, 0.15) is 5.82 Å². The molecule has 0 radical (unpaired) electrons. The van der Waals surface area contributed by atoms with E-state index in [1.54, 1.807) is 0 Å². The van der Waals surface area contributed by atoms with Gasteiger partial charge in [0.2, 0.25) is 0 Å². The van der Waals surface area contributed by atoms with Crippen LogP contribution in [0.1, 0.15) is 32.0 Å². The summed E-state index contributed by atoms with van der Waals surface area (Å²) in [5.74, 6) is 2.65. The standard InChI is InChI=1S/C21H31N5O.HI/c1-3-22-21(23-12-7-13-27-16-17-10-11-17)26(2)15-20-24-14-19(25-20)18-8-5-4-6-9-18;/h4-6,8-9,14,17H,3,7,10-13,15-16H2,1-2H3,(H,22,23)(H,24,25);1H. The SMILES string of the molecule is CCNC(=NCCCOCC1CC1)N(C)Cc1ncc(-c2ccccc2)[nH]1.I. The molecule has 1 heterocycles. The van der Waals surface area contributed by atoms with E-state index in [9.17, 15) is 0 Å². The number of hydrogen-bond acceptors (Lipinski definition) is 3. The Morgan fingerprint density at radius 1 is 1.32 bits per heavy atom. The van der Waals surface area contributed by atoms with E-state index < -0.39 is 0 Å². The second-order valence-electron chi connectivity index (χ2n) is 7.07. The Labute approximate surface area is 185 Å². The minimum Gasteiger partial charge on any atom is -0.381 e. The van der Waals surface area contributed by atoms with Crippen molar-refractivity contribution in [3.8, 4) is 11.3 Å². The summed E-state index contributed by atoms with van der Waals surface area (Å²) in [7, 11) is 2.04. The van der Waals surface area contributed by atoms with Crippen LogP contribution >= 0.6 is 24.0 Å².